The van der Waals surface area contributed by atoms with Crippen LogP contribution in [0.15, 0.2) is 0 Å². The average Bonchev–Trinajstić information content (AvgIpc) is 2.46. The second kappa shape index (κ2) is 30.3. The van der Waals surface area contributed by atoms with Crippen molar-refractivity contribution in [3.63, 3.8) is 0 Å². The molecule has 0 amide bonds. The van der Waals surface area contributed by atoms with Crippen molar-refractivity contribution in [3.05, 3.63) is 0 Å². The SMILES string of the molecule is CC.CC.CC.CC(=O)O.SSC1CCCCC1. The van der Waals surface area contributed by atoms with E-state index in [0.717, 1.165) is 12.2 Å². The molecule has 4 heteroatoms. The maximum absolute atomic E-state index is 9.00. The summed E-state index contributed by atoms with van der Waals surface area (Å²) in [5, 5.41) is 8.28. The molecule has 2 nitrogen and oxygen atoms in total. The van der Waals surface area contributed by atoms with Gasteiger partial charge in [-0.05, 0) is 12.8 Å². The summed E-state index contributed by atoms with van der Waals surface area (Å²) >= 11 is 4.18. The lowest BCUT2D eigenvalue weighted by atomic mass is 10.0. The summed E-state index contributed by atoms with van der Waals surface area (Å²) in [6.07, 6.45) is 7.10. The van der Waals surface area contributed by atoms with Crippen LogP contribution in [-0.4, -0.2) is 16.3 Å². The van der Waals surface area contributed by atoms with Gasteiger partial charge in [-0.2, -0.15) is 0 Å². The predicted molar refractivity (Wildman–Crippen MR) is 90.8 cm³/mol. The van der Waals surface area contributed by atoms with E-state index in [1.54, 1.807) is 10.8 Å². The summed E-state index contributed by atoms with van der Waals surface area (Å²) in [7, 11) is 1.74. The molecule has 0 unspecified atom stereocenters. The van der Waals surface area contributed by atoms with Gasteiger partial charge < -0.3 is 5.11 Å². The van der Waals surface area contributed by atoms with Gasteiger partial charge in [-0.1, -0.05) is 71.6 Å². The van der Waals surface area contributed by atoms with E-state index in [1.807, 2.05) is 41.5 Å². The number of carboxylic acids is 1. The molecular formula is C14H34O2S2. The lowest BCUT2D eigenvalue weighted by Crippen LogP contribution is -2.05. The third kappa shape index (κ3) is 36.0. The van der Waals surface area contributed by atoms with Crippen LogP contribution in [0.1, 0.15) is 80.6 Å². The van der Waals surface area contributed by atoms with Crippen LogP contribution in [0.4, 0.5) is 0 Å². The van der Waals surface area contributed by atoms with E-state index >= 15 is 0 Å². The molecule has 1 saturated carbocycles. The Morgan fingerprint density at radius 3 is 1.44 bits per heavy atom. The lowest BCUT2D eigenvalue weighted by molar-refractivity contribution is -0.134. The van der Waals surface area contributed by atoms with Crippen molar-refractivity contribution >= 4 is 28.4 Å². The first-order valence-electron chi connectivity index (χ1n) is 7.16. The van der Waals surface area contributed by atoms with E-state index in [0.29, 0.717) is 0 Å². The molecule has 0 heterocycles. The molecule has 0 aliphatic heterocycles. The first kappa shape index (κ1) is 26.7. The van der Waals surface area contributed by atoms with Gasteiger partial charge in [0.1, 0.15) is 0 Å². The minimum Gasteiger partial charge on any atom is -0.481 e. The predicted octanol–water partition coefficient (Wildman–Crippen LogP) is 6.07. The van der Waals surface area contributed by atoms with Gasteiger partial charge >= 0.3 is 0 Å². The fraction of sp³-hybridized carbons (Fsp3) is 0.929. The van der Waals surface area contributed by atoms with Crippen LogP contribution in [0.25, 0.3) is 0 Å². The molecule has 0 spiro atoms. The monoisotopic (exact) mass is 298 g/mol. The third-order valence-electron chi connectivity index (χ3n) is 1.70. The van der Waals surface area contributed by atoms with E-state index in [1.165, 1.54) is 32.1 Å². The molecule has 0 aromatic carbocycles. The molecule has 1 aliphatic rings. The van der Waals surface area contributed by atoms with E-state index < -0.39 is 5.97 Å². The number of hydrogen-bond acceptors (Lipinski definition) is 3. The normalized spacial score (nSPS) is 12.9. The summed E-state index contributed by atoms with van der Waals surface area (Å²) in [5.74, 6) is -0.833. The van der Waals surface area contributed by atoms with Crippen LogP contribution in [-0.2, 0) is 4.79 Å². The topological polar surface area (TPSA) is 37.3 Å². The van der Waals surface area contributed by atoms with Crippen molar-refractivity contribution in [2.75, 3.05) is 0 Å². The van der Waals surface area contributed by atoms with Crippen LogP contribution in [0.5, 0.6) is 0 Å². The first-order chi connectivity index (χ1) is 8.66. The minimum absolute atomic E-state index is 0.833. The molecule has 0 atom stereocenters. The average molecular weight is 299 g/mol. The minimum atomic E-state index is -0.833. The molecule has 18 heavy (non-hydrogen) atoms. The Morgan fingerprint density at radius 2 is 1.28 bits per heavy atom. The molecule has 1 fully saturated rings. The Balaban J connectivity index is -0.0000000841. The van der Waals surface area contributed by atoms with E-state index in [-0.39, 0.29) is 0 Å². The van der Waals surface area contributed by atoms with Crippen molar-refractivity contribution < 1.29 is 9.90 Å². The van der Waals surface area contributed by atoms with Crippen LogP contribution in [0, 0.1) is 0 Å². The second-order valence-corrected chi connectivity index (χ2v) is 4.39. The van der Waals surface area contributed by atoms with E-state index in [9.17, 15) is 0 Å². The molecule has 1 N–H and O–H groups in total. The third-order valence-corrected chi connectivity index (χ3v) is 3.37. The fourth-order valence-electron chi connectivity index (χ4n) is 1.17. The summed E-state index contributed by atoms with van der Waals surface area (Å²) in [4.78, 5) is 9.00. The summed E-state index contributed by atoms with van der Waals surface area (Å²) in [5.41, 5.74) is 0. The molecule has 1 aliphatic carbocycles. The molecule has 1 rings (SSSR count). The van der Waals surface area contributed by atoms with Crippen molar-refractivity contribution in [2.24, 2.45) is 0 Å². The van der Waals surface area contributed by atoms with Crippen molar-refractivity contribution in [1.29, 1.82) is 0 Å². The van der Waals surface area contributed by atoms with Gasteiger partial charge in [-0.3, -0.25) is 4.79 Å². The Hall–Kier alpha value is 0.170. The number of rotatable bonds is 1. The van der Waals surface area contributed by atoms with Crippen LogP contribution >= 0.6 is 22.5 Å². The number of carboxylic acid groups (broad SMARTS) is 1. The number of carbonyl (C=O) groups is 1. The molecule has 0 aromatic rings. The van der Waals surface area contributed by atoms with Gasteiger partial charge in [0.05, 0.1) is 0 Å². The number of thiol groups is 1. The smallest absolute Gasteiger partial charge is 0.300 e. The second-order valence-electron chi connectivity index (χ2n) is 2.88. The van der Waals surface area contributed by atoms with Gasteiger partial charge in [-0.15, -0.1) is 11.7 Å². The molecule has 0 radical (unpaired) electrons. The van der Waals surface area contributed by atoms with Gasteiger partial charge in [0.25, 0.3) is 5.97 Å². The van der Waals surface area contributed by atoms with Crippen LogP contribution in [0.2, 0.25) is 0 Å². The van der Waals surface area contributed by atoms with Gasteiger partial charge in [0, 0.05) is 12.2 Å². The zero-order valence-electron chi connectivity index (χ0n) is 13.3. The number of hydrogen-bond donors (Lipinski definition) is 2. The Labute approximate surface area is 124 Å². The molecule has 0 aromatic heterocycles. The zero-order chi connectivity index (χ0) is 15.4. The van der Waals surface area contributed by atoms with Crippen LogP contribution < -0.4 is 0 Å². The molecule has 114 valence electrons. The zero-order valence-corrected chi connectivity index (χ0v) is 15.0. The maximum Gasteiger partial charge on any atom is 0.300 e. The highest BCUT2D eigenvalue weighted by Gasteiger charge is 2.10. The summed E-state index contributed by atoms with van der Waals surface area (Å²) < 4.78 is 0. The Kier molecular flexibility index (Phi) is 44.9. The van der Waals surface area contributed by atoms with E-state index in [4.69, 9.17) is 9.90 Å². The van der Waals surface area contributed by atoms with Gasteiger partial charge in [0.15, 0.2) is 0 Å². The largest absolute Gasteiger partial charge is 0.481 e. The van der Waals surface area contributed by atoms with Crippen molar-refractivity contribution in [3.8, 4) is 0 Å². The number of aliphatic carboxylic acids is 1. The van der Waals surface area contributed by atoms with E-state index in [2.05, 4.69) is 11.7 Å². The van der Waals surface area contributed by atoms with Gasteiger partial charge in [0.2, 0.25) is 0 Å². The quantitative estimate of drug-likeness (QED) is 0.456. The fourth-order valence-corrected chi connectivity index (χ4v) is 2.35. The Morgan fingerprint density at radius 1 is 1.00 bits per heavy atom. The highest BCUT2D eigenvalue weighted by molar-refractivity contribution is 8.68. The molecular weight excluding hydrogens is 264 g/mol. The summed E-state index contributed by atoms with van der Waals surface area (Å²) in [6.45, 7) is 13.1. The van der Waals surface area contributed by atoms with Crippen molar-refractivity contribution in [2.45, 2.75) is 85.8 Å². The lowest BCUT2D eigenvalue weighted by Gasteiger charge is -2.17. The van der Waals surface area contributed by atoms with Crippen molar-refractivity contribution in [1.82, 2.24) is 0 Å². The van der Waals surface area contributed by atoms with Crippen LogP contribution in [0.3, 0.4) is 0 Å². The standard InChI is InChI=1S/C6H12S2.C2H4O2.3C2H6/c7-8-6-4-2-1-3-5-6;1-2(3)4;3*1-2/h6-7H,1-5H2;1H3,(H,3,4);3*1-2H3. The molecule has 0 saturated heterocycles. The molecule has 0 bridgehead atoms. The van der Waals surface area contributed by atoms with Gasteiger partial charge in [-0.25, -0.2) is 0 Å². The maximum atomic E-state index is 9.00. The highest BCUT2D eigenvalue weighted by Crippen LogP contribution is 2.29. The Bertz CT molecular complexity index is 121. The highest BCUT2D eigenvalue weighted by atomic mass is 33.1. The summed E-state index contributed by atoms with van der Waals surface area (Å²) in [6, 6.07) is 0. The first-order valence-corrected chi connectivity index (χ1v) is 9.09.